The molecule has 0 aliphatic carbocycles. The summed E-state index contributed by atoms with van der Waals surface area (Å²) in [5.74, 6) is 0.197. The average molecular weight is 233 g/mol. The number of ketones is 1. The molecule has 0 amide bonds. The third kappa shape index (κ3) is 10.2. The third-order valence-corrected chi connectivity index (χ3v) is 2.96. The molecule has 90 valence electrons. The molecule has 0 saturated carbocycles. The van der Waals surface area contributed by atoms with Crippen molar-refractivity contribution in [1.82, 2.24) is 0 Å². The van der Waals surface area contributed by atoms with Gasteiger partial charge in [-0.1, -0.05) is 51.9 Å². The molecule has 0 aliphatic heterocycles. The van der Waals surface area contributed by atoms with Crippen LogP contribution in [-0.2, 0) is 4.79 Å². The largest absolute Gasteiger partial charge is 0.298 e. The van der Waals surface area contributed by atoms with Crippen molar-refractivity contribution in [3.8, 4) is 0 Å². The van der Waals surface area contributed by atoms with Gasteiger partial charge >= 0.3 is 0 Å². The molecular formula is C13H25ClO. The molecule has 0 aromatic carbocycles. The summed E-state index contributed by atoms with van der Waals surface area (Å²) >= 11 is 5.68. The molecule has 0 fully saturated rings. The van der Waals surface area contributed by atoms with E-state index in [-0.39, 0.29) is 11.2 Å². The first-order valence-corrected chi connectivity index (χ1v) is 6.79. The Morgan fingerprint density at radius 2 is 1.47 bits per heavy atom. The lowest BCUT2D eigenvalue weighted by Gasteiger charge is -2.02. The molecule has 0 bridgehead atoms. The summed E-state index contributed by atoms with van der Waals surface area (Å²) < 4.78 is 0. The minimum absolute atomic E-state index is 0.197. The predicted octanol–water partition coefficient (Wildman–Crippen LogP) is 4.71. The number of Topliss-reactive ketones (excluding diaryl/α,β-unsaturated/α-hetero) is 1. The number of unbranched alkanes of at least 4 members (excludes halogenated alkanes) is 7. The van der Waals surface area contributed by atoms with Crippen LogP contribution in [-0.4, -0.2) is 11.2 Å². The Hall–Kier alpha value is -0.0400. The number of hydrogen-bond acceptors (Lipinski definition) is 1. The maximum atomic E-state index is 11.2. The van der Waals surface area contributed by atoms with E-state index in [1.54, 1.807) is 6.92 Å². The van der Waals surface area contributed by atoms with Crippen molar-refractivity contribution in [1.29, 1.82) is 0 Å². The van der Waals surface area contributed by atoms with Crippen LogP contribution >= 0.6 is 11.6 Å². The van der Waals surface area contributed by atoms with Crippen LogP contribution in [0.15, 0.2) is 0 Å². The van der Waals surface area contributed by atoms with Gasteiger partial charge in [0.05, 0.1) is 5.38 Å². The summed E-state index contributed by atoms with van der Waals surface area (Å²) in [6.07, 6.45) is 10.9. The monoisotopic (exact) mass is 232 g/mol. The van der Waals surface area contributed by atoms with Crippen molar-refractivity contribution in [3.05, 3.63) is 0 Å². The molecule has 0 saturated heterocycles. The van der Waals surface area contributed by atoms with E-state index in [0.29, 0.717) is 6.42 Å². The molecule has 0 aromatic heterocycles. The Kier molecular flexibility index (Phi) is 10.4. The molecule has 2 heteroatoms. The van der Waals surface area contributed by atoms with Gasteiger partial charge in [0.15, 0.2) is 0 Å². The van der Waals surface area contributed by atoms with Crippen LogP contribution < -0.4 is 0 Å². The lowest BCUT2D eigenvalue weighted by molar-refractivity contribution is -0.118. The molecule has 1 unspecified atom stereocenters. The zero-order valence-corrected chi connectivity index (χ0v) is 11.0. The molecule has 0 heterocycles. The first kappa shape index (κ1) is 15.0. The molecule has 0 aromatic rings. The molecule has 15 heavy (non-hydrogen) atoms. The molecular weight excluding hydrogens is 208 g/mol. The summed E-state index contributed by atoms with van der Waals surface area (Å²) in [7, 11) is 0. The second-order valence-corrected chi connectivity index (χ2v) is 4.96. The van der Waals surface area contributed by atoms with Crippen molar-refractivity contribution < 1.29 is 4.79 Å². The van der Waals surface area contributed by atoms with Gasteiger partial charge < -0.3 is 0 Å². The zero-order chi connectivity index (χ0) is 11.5. The Morgan fingerprint density at radius 3 is 1.93 bits per heavy atom. The van der Waals surface area contributed by atoms with E-state index in [9.17, 15) is 4.79 Å². The Balaban J connectivity index is 3.08. The van der Waals surface area contributed by atoms with Crippen molar-refractivity contribution >= 4 is 17.4 Å². The van der Waals surface area contributed by atoms with E-state index < -0.39 is 0 Å². The number of carbonyl (C=O) groups is 1. The van der Waals surface area contributed by atoms with Gasteiger partial charge in [-0.25, -0.2) is 0 Å². The second-order valence-electron chi connectivity index (χ2n) is 4.31. The fourth-order valence-electron chi connectivity index (χ4n) is 1.63. The number of alkyl halides is 1. The van der Waals surface area contributed by atoms with E-state index >= 15 is 0 Å². The van der Waals surface area contributed by atoms with Gasteiger partial charge in [-0.3, -0.25) is 4.79 Å². The first-order valence-electron chi connectivity index (χ1n) is 6.35. The van der Waals surface area contributed by atoms with Gasteiger partial charge in [-0.15, -0.1) is 11.6 Å². The molecule has 0 spiro atoms. The highest BCUT2D eigenvalue weighted by atomic mass is 35.5. The maximum Gasteiger partial charge on any atom is 0.150 e. The van der Waals surface area contributed by atoms with Crippen molar-refractivity contribution in [2.75, 3.05) is 0 Å². The number of rotatable bonds is 10. The molecule has 0 aliphatic rings. The van der Waals surface area contributed by atoms with Gasteiger partial charge in [0.25, 0.3) is 0 Å². The maximum absolute atomic E-state index is 11.2. The Bertz CT molecular complexity index is 155. The molecule has 0 radical (unpaired) electrons. The number of hydrogen-bond donors (Lipinski definition) is 0. The van der Waals surface area contributed by atoms with Crippen LogP contribution in [0.2, 0.25) is 0 Å². The molecule has 1 nitrogen and oxygen atoms in total. The average Bonchev–Trinajstić information content (AvgIpc) is 2.21. The van der Waals surface area contributed by atoms with E-state index in [1.165, 1.54) is 44.9 Å². The highest BCUT2D eigenvalue weighted by molar-refractivity contribution is 6.30. The minimum atomic E-state index is -0.297. The Labute approximate surface area is 99.6 Å². The SMILES string of the molecule is CCCCCCCCCCC(=O)C(C)Cl. The van der Waals surface area contributed by atoms with E-state index in [4.69, 9.17) is 11.6 Å². The fourth-order valence-corrected chi connectivity index (χ4v) is 1.74. The Morgan fingerprint density at radius 1 is 1.00 bits per heavy atom. The third-order valence-electron chi connectivity index (χ3n) is 2.72. The van der Waals surface area contributed by atoms with Crippen LogP contribution in [0.25, 0.3) is 0 Å². The van der Waals surface area contributed by atoms with Crippen molar-refractivity contribution in [2.45, 2.75) is 77.0 Å². The molecule has 0 N–H and O–H groups in total. The first-order chi connectivity index (χ1) is 7.18. The zero-order valence-electron chi connectivity index (χ0n) is 10.2. The van der Waals surface area contributed by atoms with Gasteiger partial charge in [0, 0.05) is 6.42 Å². The predicted molar refractivity (Wildman–Crippen MR) is 67.5 cm³/mol. The smallest absolute Gasteiger partial charge is 0.150 e. The van der Waals surface area contributed by atoms with Crippen LogP contribution in [0, 0.1) is 0 Å². The van der Waals surface area contributed by atoms with E-state index in [0.717, 1.165) is 6.42 Å². The van der Waals surface area contributed by atoms with Crippen LogP contribution in [0.5, 0.6) is 0 Å². The van der Waals surface area contributed by atoms with Crippen LogP contribution in [0.3, 0.4) is 0 Å². The van der Waals surface area contributed by atoms with Crippen molar-refractivity contribution in [3.63, 3.8) is 0 Å². The van der Waals surface area contributed by atoms with Gasteiger partial charge in [0.1, 0.15) is 5.78 Å². The second kappa shape index (κ2) is 10.5. The topological polar surface area (TPSA) is 17.1 Å². The number of halogens is 1. The van der Waals surface area contributed by atoms with E-state index in [2.05, 4.69) is 6.92 Å². The highest BCUT2D eigenvalue weighted by Crippen LogP contribution is 2.11. The van der Waals surface area contributed by atoms with Gasteiger partial charge in [0.2, 0.25) is 0 Å². The molecule has 0 rings (SSSR count). The quantitative estimate of drug-likeness (QED) is 0.394. The van der Waals surface area contributed by atoms with Crippen molar-refractivity contribution in [2.24, 2.45) is 0 Å². The lowest BCUT2D eigenvalue weighted by Crippen LogP contribution is -2.09. The summed E-state index contributed by atoms with van der Waals surface area (Å²) in [4.78, 5) is 11.2. The standard InChI is InChI=1S/C13H25ClO/c1-3-4-5-6-7-8-9-10-11-13(15)12(2)14/h12H,3-11H2,1-2H3. The van der Waals surface area contributed by atoms with Gasteiger partial charge in [-0.05, 0) is 13.3 Å². The summed E-state index contributed by atoms with van der Waals surface area (Å²) in [5.41, 5.74) is 0. The van der Waals surface area contributed by atoms with E-state index in [1.807, 2.05) is 0 Å². The fraction of sp³-hybridized carbons (Fsp3) is 0.923. The molecule has 1 atom stereocenters. The summed E-state index contributed by atoms with van der Waals surface area (Å²) in [5, 5.41) is -0.297. The normalized spacial score (nSPS) is 12.7. The summed E-state index contributed by atoms with van der Waals surface area (Å²) in [6.45, 7) is 3.99. The van der Waals surface area contributed by atoms with Crippen LogP contribution in [0.4, 0.5) is 0 Å². The summed E-state index contributed by atoms with van der Waals surface area (Å²) in [6, 6.07) is 0. The van der Waals surface area contributed by atoms with Gasteiger partial charge in [-0.2, -0.15) is 0 Å². The van der Waals surface area contributed by atoms with Crippen LogP contribution in [0.1, 0.15) is 71.6 Å². The lowest BCUT2D eigenvalue weighted by atomic mass is 10.1. The number of carbonyl (C=O) groups excluding carboxylic acids is 1. The minimum Gasteiger partial charge on any atom is -0.298 e. The highest BCUT2D eigenvalue weighted by Gasteiger charge is 2.07.